The van der Waals surface area contributed by atoms with Crippen molar-refractivity contribution in [1.82, 2.24) is 0 Å². The lowest BCUT2D eigenvalue weighted by Crippen LogP contribution is -1.76. The molecule has 15 heavy (non-hydrogen) atoms. The second-order valence-corrected chi connectivity index (χ2v) is 3.65. The van der Waals surface area contributed by atoms with Crippen molar-refractivity contribution in [3.8, 4) is 5.75 Å². The molecule has 0 heterocycles. The second kappa shape index (κ2) is 2.99. The van der Waals surface area contributed by atoms with E-state index in [0.29, 0.717) is 0 Å². The first kappa shape index (κ1) is 8.30. The van der Waals surface area contributed by atoms with Gasteiger partial charge in [-0.1, -0.05) is 48.5 Å². The fourth-order valence-electron chi connectivity index (χ4n) is 1.97. The van der Waals surface area contributed by atoms with Gasteiger partial charge in [0.05, 0.1) is 0 Å². The van der Waals surface area contributed by atoms with Crippen LogP contribution in [0.3, 0.4) is 0 Å². The Hall–Kier alpha value is -2.02. The van der Waals surface area contributed by atoms with Gasteiger partial charge < -0.3 is 0 Å². The number of hydrogen-bond donors (Lipinski definition) is 0. The molecule has 3 aromatic carbocycles. The van der Waals surface area contributed by atoms with Gasteiger partial charge in [0.2, 0.25) is 0 Å². The van der Waals surface area contributed by atoms with E-state index in [-0.39, 0.29) is 5.75 Å². The van der Waals surface area contributed by atoms with Crippen LogP contribution in [0.15, 0.2) is 54.6 Å². The lowest BCUT2D eigenvalue weighted by atomic mass is 10.0. The molecule has 0 aromatic heterocycles. The molecular weight excluding hydrogens is 184 g/mol. The van der Waals surface area contributed by atoms with Crippen molar-refractivity contribution in [2.75, 3.05) is 0 Å². The molecule has 0 amide bonds. The number of benzene rings is 3. The lowest BCUT2D eigenvalue weighted by Gasteiger charge is -2.03. The first-order valence-corrected chi connectivity index (χ1v) is 4.94. The molecule has 1 radical (unpaired) electrons. The Labute approximate surface area is 87.6 Å². The zero-order valence-electron chi connectivity index (χ0n) is 8.10. The highest BCUT2D eigenvalue weighted by molar-refractivity contribution is 6.04. The molecule has 0 spiro atoms. The predicted octanol–water partition coefficient (Wildman–Crippen LogP) is 4.14. The van der Waals surface area contributed by atoms with Crippen LogP contribution in [-0.2, 0) is 5.11 Å². The van der Waals surface area contributed by atoms with Gasteiger partial charge in [-0.3, -0.25) is 5.11 Å². The fraction of sp³-hybridized carbons (Fsp3) is 0. The van der Waals surface area contributed by atoms with Crippen LogP contribution in [-0.4, -0.2) is 0 Å². The number of fused-ring (bicyclic) bond motifs is 2. The fourth-order valence-corrected chi connectivity index (χ4v) is 1.97. The van der Waals surface area contributed by atoms with E-state index in [4.69, 9.17) is 0 Å². The third kappa shape index (κ3) is 1.17. The summed E-state index contributed by atoms with van der Waals surface area (Å²) in [5.41, 5.74) is 0. The van der Waals surface area contributed by atoms with Crippen LogP contribution >= 0.6 is 0 Å². The van der Waals surface area contributed by atoms with Crippen molar-refractivity contribution < 1.29 is 5.11 Å². The van der Waals surface area contributed by atoms with E-state index in [2.05, 4.69) is 6.07 Å². The quantitative estimate of drug-likeness (QED) is 0.478. The molecule has 0 atom stereocenters. The van der Waals surface area contributed by atoms with Crippen LogP contribution in [0.4, 0.5) is 0 Å². The summed E-state index contributed by atoms with van der Waals surface area (Å²) in [7, 11) is 0. The van der Waals surface area contributed by atoms with E-state index < -0.39 is 0 Å². The maximum atomic E-state index is 12.1. The summed E-state index contributed by atoms with van der Waals surface area (Å²) >= 11 is 0. The lowest BCUT2D eigenvalue weighted by molar-refractivity contribution is 0.365. The van der Waals surface area contributed by atoms with Crippen LogP contribution in [0.2, 0.25) is 0 Å². The van der Waals surface area contributed by atoms with Gasteiger partial charge in [-0.05, 0) is 16.8 Å². The Bertz CT molecular complexity index is 587. The molecule has 1 heteroatoms. The van der Waals surface area contributed by atoms with Crippen molar-refractivity contribution >= 4 is 21.5 Å². The second-order valence-electron chi connectivity index (χ2n) is 3.65. The maximum absolute atomic E-state index is 12.1. The molecule has 0 aliphatic heterocycles. The summed E-state index contributed by atoms with van der Waals surface area (Å²) in [4.78, 5) is 0. The average Bonchev–Trinajstić information content (AvgIpc) is 2.30. The monoisotopic (exact) mass is 193 g/mol. The van der Waals surface area contributed by atoms with Crippen LogP contribution in [0.1, 0.15) is 0 Å². The van der Waals surface area contributed by atoms with Crippen LogP contribution < -0.4 is 0 Å². The van der Waals surface area contributed by atoms with E-state index in [9.17, 15) is 5.11 Å². The van der Waals surface area contributed by atoms with Crippen molar-refractivity contribution in [3.63, 3.8) is 0 Å². The van der Waals surface area contributed by atoms with Gasteiger partial charge in [0.15, 0.2) is 5.75 Å². The highest BCUT2D eigenvalue weighted by atomic mass is 16.3. The molecule has 0 aliphatic carbocycles. The van der Waals surface area contributed by atoms with Crippen molar-refractivity contribution in [3.05, 3.63) is 54.6 Å². The minimum absolute atomic E-state index is 0.128. The maximum Gasteiger partial charge on any atom is 0.194 e. The first-order chi connectivity index (χ1) is 7.36. The van der Waals surface area contributed by atoms with Crippen molar-refractivity contribution in [2.24, 2.45) is 0 Å². The van der Waals surface area contributed by atoms with E-state index in [0.717, 1.165) is 21.5 Å². The van der Waals surface area contributed by atoms with E-state index in [1.807, 2.05) is 48.5 Å². The Balaban J connectivity index is 2.60. The average molecular weight is 193 g/mol. The molecule has 0 N–H and O–H groups in total. The minimum atomic E-state index is 0.128. The molecule has 3 rings (SSSR count). The summed E-state index contributed by atoms with van der Waals surface area (Å²) in [5, 5.41) is 15.7. The highest BCUT2D eigenvalue weighted by Crippen LogP contribution is 2.33. The van der Waals surface area contributed by atoms with Gasteiger partial charge in [0.1, 0.15) is 0 Å². The normalized spacial score (nSPS) is 10.9. The largest absolute Gasteiger partial charge is 0.289 e. The molecule has 71 valence electrons. The van der Waals surface area contributed by atoms with Gasteiger partial charge >= 0.3 is 0 Å². The smallest absolute Gasteiger partial charge is 0.194 e. The van der Waals surface area contributed by atoms with Gasteiger partial charge in [-0.2, -0.15) is 0 Å². The van der Waals surface area contributed by atoms with Gasteiger partial charge in [-0.25, -0.2) is 0 Å². The molecule has 0 bridgehead atoms. The summed E-state index contributed by atoms with van der Waals surface area (Å²) in [6.07, 6.45) is 0. The zero-order chi connectivity index (χ0) is 10.3. The Morgan fingerprint density at radius 1 is 0.667 bits per heavy atom. The molecule has 1 nitrogen and oxygen atoms in total. The Morgan fingerprint density at radius 2 is 1.13 bits per heavy atom. The standard InChI is InChI=1S/C14H9O/c15-14-12-7-3-1-5-10(12)9-11-6-2-4-8-13(11)14/h1-9H. The minimum Gasteiger partial charge on any atom is -0.289 e. The number of hydrogen-bond acceptors (Lipinski definition) is 0. The molecule has 0 saturated carbocycles. The summed E-state index contributed by atoms with van der Waals surface area (Å²) in [6.45, 7) is 0. The molecule has 0 fully saturated rings. The van der Waals surface area contributed by atoms with E-state index in [1.165, 1.54) is 0 Å². The highest BCUT2D eigenvalue weighted by Gasteiger charge is 2.06. The van der Waals surface area contributed by atoms with Crippen LogP contribution in [0.5, 0.6) is 5.75 Å². The van der Waals surface area contributed by atoms with E-state index in [1.54, 1.807) is 0 Å². The SMILES string of the molecule is [O]c1c2ccccc2cc2ccccc12. The third-order valence-corrected chi connectivity index (χ3v) is 2.72. The van der Waals surface area contributed by atoms with Gasteiger partial charge in [0, 0.05) is 10.8 Å². The van der Waals surface area contributed by atoms with Crippen molar-refractivity contribution in [2.45, 2.75) is 0 Å². The van der Waals surface area contributed by atoms with Crippen molar-refractivity contribution in [1.29, 1.82) is 0 Å². The van der Waals surface area contributed by atoms with Gasteiger partial charge in [0.25, 0.3) is 0 Å². The summed E-state index contributed by atoms with van der Waals surface area (Å²) in [5.74, 6) is 0.128. The Kier molecular flexibility index (Phi) is 1.65. The first-order valence-electron chi connectivity index (χ1n) is 4.94. The predicted molar refractivity (Wildman–Crippen MR) is 61.6 cm³/mol. The molecule has 0 saturated heterocycles. The van der Waals surface area contributed by atoms with Crippen LogP contribution in [0.25, 0.3) is 21.5 Å². The topological polar surface area (TPSA) is 19.9 Å². The molecule has 3 aromatic rings. The molecule has 0 unspecified atom stereocenters. The van der Waals surface area contributed by atoms with Gasteiger partial charge in [-0.15, -0.1) is 0 Å². The number of rotatable bonds is 0. The summed E-state index contributed by atoms with van der Waals surface area (Å²) < 4.78 is 0. The zero-order valence-corrected chi connectivity index (χ0v) is 8.10. The molecule has 0 aliphatic rings. The summed E-state index contributed by atoms with van der Waals surface area (Å²) in [6, 6.07) is 17.5. The van der Waals surface area contributed by atoms with E-state index >= 15 is 0 Å². The Morgan fingerprint density at radius 3 is 1.67 bits per heavy atom. The molecular formula is C14H9O. The van der Waals surface area contributed by atoms with Crippen LogP contribution in [0, 0.1) is 0 Å². The third-order valence-electron chi connectivity index (χ3n) is 2.72.